The molecule has 3 aromatic rings. The Morgan fingerprint density at radius 3 is 2.81 bits per heavy atom. The number of methoxy groups -OCH3 is 2. The molecule has 160 valence electrons. The minimum atomic E-state index is -0.795. The maximum Gasteiger partial charge on any atom is 0.249 e. The van der Waals surface area contributed by atoms with Crippen LogP contribution in [-0.4, -0.2) is 47.8 Å². The van der Waals surface area contributed by atoms with Crippen LogP contribution in [0.15, 0.2) is 46.9 Å². The van der Waals surface area contributed by atoms with Crippen LogP contribution in [0.1, 0.15) is 6.42 Å². The van der Waals surface area contributed by atoms with Gasteiger partial charge in [-0.05, 0) is 36.8 Å². The second kappa shape index (κ2) is 8.76. The number of halogens is 1. The maximum atomic E-state index is 12.8. The van der Waals surface area contributed by atoms with Gasteiger partial charge in [-0.15, -0.1) is 5.10 Å². The minimum absolute atomic E-state index is 0.0894. The van der Waals surface area contributed by atoms with E-state index in [0.29, 0.717) is 35.9 Å². The molecule has 1 aliphatic heterocycles. The van der Waals surface area contributed by atoms with E-state index in [9.17, 15) is 9.59 Å². The molecule has 1 aliphatic rings. The summed E-state index contributed by atoms with van der Waals surface area (Å²) in [4.78, 5) is 31.4. The molecule has 10 heteroatoms. The molecule has 9 nitrogen and oxygen atoms in total. The Labute approximate surface area is 186 Å². The minimum Gasteiger partial charge on any atom is -0.497 e. The fraction of sp³-hybridized carbons (Fsp3) is 0.238. The molecule has 2 heterocycles. The van der Waals surface area contributed by atoms with E-state index >= 15 is 0 Å². The van der Waals surface area contributed by atoms with Gasteiger partial charge in [-0.3, -0.25) is 20.0 Å². The molecule has 1 unspecified atom stereocenters. The van der Waals surface area contributed by atoms with Gasteiger partial charge >= 0.3 is 0 Å². The molecule has 0 spiro atoms. The molecule has 31 heavy (non-hydrogen) atoms. The van der Waals surface area contributed by atoms with Crippen LogP contribution in [0, 0.1) is 5.92 Å². The Morgan fingerprint density at radius 1 is 1.23 bits per heavy atom. The lowest BCUT2D eigenvalue weighted by molar-refractivity contribution is -0.129. The molecule has 0 aliphatic carbocycles. The molecule has 2 N–H and O–H groups in total. The Kier molecular flexibility index (Phi) is 5.90. The van der Waals surface area contributed by atoms with Crippen LogP contribution in [0.5, 0.6) is 11.5 Å². The topological polar surface area (TPSA) is 109 Å². The van der Waals surface area contributed by atoms with E-state index < -0.39 is 11.8 Å². The van der Waals surface area contributed by atoms with E-state index in [1.165, 1.54) is 0 Å². The molecule has 1 atom stereocenters. The van der Waals surface area contributed by atoms with Crippen LogP contribution >= 0.6 is 15.9 Å². The van der Waals surface area contributed by atoms with Gasteiger partial charge in [0.1, 0.15) is 17.4 Å². The number of hydrogen-bond donors (Lipinski definition) is 2. The lowest BCUT2D eigenvalue weighted by atomic mass is 10.1. The van der Waals surface area contributed by atoms with Gasteiger partial charge in [0.15, 0.2) is 5.82 Å². The second-order valence-corrected chi connectivity index (χ2v) is 7.79. The number of hydrogen-bond acceptors (Lipinski definition) is 6. The van der Waals surface area contributed by atoms with Crippen LogP contribution in [-0.2, 0) is 9.59 Å². The second-order valence-electron chi connectivity index (χ2n) is 6.87. The fourth-order valence-corrected chi connectivity index (χ4v) is 3.84. The summed E-state index contributed by atoms with van der Waals surface area (Å²) in [6.07, 6.45) is 0.417. The Balaban J connectivity index is 1.47. The van der Waals surface area contributed by atoms with Crippen LogP contribution in [0.2, 0.25) is 0 Å². The third-order valence-electron chi connectivity index (χ3n) is 5.03. The summed E-state index contributed by atoms with van der Waals surface area (Å²) in [7, 11) is 3.11. The summed E-state index contributed by atoms with van der Waals surface area (Å²) in [5.41, 5.74) is 1.41. The summed E-state index contributed by atoms with van der Waals surface area (Å²) in [6.45, 7) is 0.468. The number of carbonyl (C=O) groups excluding carboxylic acids is 2. The largest absolute Gasteiger partial charge is 0.497 e. The summed E-state index contributed by atoms with van der Waals surface area (Å²) >= 11 is 3.40. The highest BCUT2D eigenvalue weighted by molar-refractivity contribution is 9.10. The number of carbonyl (C=O) groups is 2. The van der Waals surface area contributed by atoms with Crippen LogP contribution in [0.25, 0.3) is 11.4 Å². The summed E-state index contributed by atoms with van der Waals surface area (Å²) in [5, 5.41) is 9.47. The zero-order chi connectivity index (χ0) is 22.0. The van der Waals surface area contributed by atoms with Crippen molar-refractivity contribution in [2.24, 2.45) is 5.92 Å². The highest BCUT2D eigenvalue weighted by Gasteiger charge is 2.38. The first-order valence-electron chi connectivity index (χ1n) is 9.52. The number of nitrogens with zero attached hydrogens (tertiary/aromatic N) is 3. The van der Waals surface area contributed by atoms with E-state index in [2.05, 4.69) is 36.4 Å². The van der Waals surface area contributed by atoms with Crippen molar-refractivity contribution in [1.82, 2.24) is 15.2 Å². The van der Waals surface area contributed by atoms with Gasteiger partial charge in [0.2, 0.25) is 17.8 Å². The molecule has 4 rings (SSSR count). The molecule has 2 aromatic carbocycles. The lowest BCUT2D eigenvalue weighted by Crippen LogP contribution is -2.33. The quantitative estimate of drug-likeness (QED) is 0.518. The van der Waals surface area contributed by atoms with Crippen molar-refractivity contribution in [3.63, 3.8) is 0 Å². The average molecular weight is 486 g/mol. The van der Waals surface area contributed by atoms with Gasteiger partial charge in [0.25, 0.3) is 0 Å². The standard InChI is InChI=1S/C21H20BrN5O4/c1-30-14-6-7-15(17(11-14)31-2)18-23-21(26-25-18)24-19(28)16-8-9-27(20(16)29)13-5-3-4-12(22)10-13/h3-7,10-11,16H,8-9H2,1-2H3,(H2,23,24,25,26,28). The van der Waals surface area contributed by atoms with Crippen molar-refractivity contribution < 1.29 is 19.1 Å². The van der Waals surface area contributed by atoms with Crippen molar-refractivity contribution >= 4 is 39.4 Å². The number of benzene rings is 2. The SMILES string of the molecule is COc1ccc(-c2nc(NC(=O)C3CCN(c4cccc(Br)c4)C3=O)n[nH]2)c(OC)c1. The number of amides is 2. The van der Waals surface area contributed by atoms with Crippen molar-refractivity contribution in [1.29, 1.82) is 0 Å². The highest BCUT2D eigenvalue weighted by Crippen LogP contribution is 2.32. The normalized spacial score (nSPS) is 15.8. The number of rotatable bonds is 6. The third kappa shape index (κ3) is 4.24. The fourth-order valence-electron chi connectivity index (χ4n) is 3.45. The lowest BCUT2D eigenvalue weighted by Gasteiger charge is -2.16. The Hall–Kier alpha value is -3.40. The highest BCUT2D eigenvalue weighted by atomic mass is 79.9. The van der Waals surface area contributed by atoms with Crippen molar-refractivity contribution in [3.8, 4) is 22.9 Å². The first kappa shape index (κ1) is 20.9. The molecule has 2 amide bonds. The number of aromatic amines is 1. The molecular formula is C21H20BrN5O4. The number of nitrogens with one attached hydrogen (secondary N) is 2. The van der Waals surface area contributed by atoms with Crippen molar-refractivity contribution in [2.75, 3.05) is 31.0 Å². The molecule has 1 saturated heterocycles. The van der Waals surface area contributed by atoms with E-state index in [1.807, 2.05) is 24.3 Å². The maximum absolute atomic E-state index is 12.8. The Bertz CT molecular complexity index is 1130. The molecule has 1 aromatic heterocycles. The van der Waals surface area contributed by atoms with Gasteiger partial charge in [-0.2, -0.15) is 4.98 Å². The van der Waals surface area contributed by atoms with Gasteiger partial charge in [0, 0.05) is 22.8 Å². The van der Waals surface area contributed by atoms with E-state index in [4.69, 9.17) is 9.47 Å². The van der Waals surface area contributed by atoms with Gasteiger partial charge in [-0.1, -0.05) is 22.0 Å². The predicted molar refractivity (Wildman–Crippen MR) is 118 cm³/mol. The zero-order valence-corrected chi connectivity index (χ0v) is 18.5. The van der Waals surface area contributed by atoms with Crippen LogP contribution in [0.4, 0.5) is 11.6 Å². The summed E-state index contributed by atoms with van der Waals surface area (Å²) < 4.78 is 11.4. The molecular weight excluding hydrogens is 466 g/mol. The number of aromatic nitrogens is 3. The smallest absolute Gasteiger partial charge is 0.249 e. The van der Waals surface area contributed by atoms with Gasteiger partial charge in [-0.25, -0.2) is 0 Å². The molecule has 1 fully saturated rings. The van der Waals surface area contributed by atoms with E-state index in [-0.39, 0.29) is 11.9 Å². The van der Waals surface area contributed by atoms with Gasteiger partial charge in [0.05, 0.1) is 19.8 Å². The zero-order valence-electron chi connectivity index (χ0n) is 16.9. The van der Waals surface area contributed by atoms with Crippen LogP contribution < -0.4 is 19.7 Å². The number of anilines is 2. The number of ether oxygens (including phenoxy) is 2. The monoisotopic (exact) mass is 485 g/mol. The first-order valence-corrected chi connectivity index (χ1v) is 10.3. The first-order chi connectivity index (χ1) is 15.0. The molecule has 0 radical (unpaired) electrons. The van der Waals surface area contributed by atoms with Crippen LogP contribution in [0.3, 0.4) is 0 Å². The van der Waals surface area contributed by atoms with E-state index in [0.717, 1.165) is 10.2 Å². The summed E-state index contributed by atoms with van der Waals surface area (Å²) in [6, 6.07) is 12.7. The summed E-state index contributed by atoms with van der Waals surface area (Å²) in [5.74, 6) is 0.219. The molecule has 0 saturated carbocycles. The van der Waals surface area contributed by atoms with E-state index in [1.54, 1.807) is 37.3 Å². The van der Waals surface area contributed by atoms with Crippen molar-refractivity contribution in [2.45, 2.75) is 6.42 Å². The molecule has 0 bridgehead atoms. The Morgan fingerprint density at radius 2 is 2.06 bits per heavy atom. The van der Waals surface area contributed by atoms with Gasteiger partial charge < -0.3 is 14.4 Å². The van der Waals surface area contributed by atoms with Crippen molar-refractivity contribution in [3.05, 3.63) is 46.9 Å². The number of H-pyrrole nitrogens is 1. The average Bonchev–Trinajstić information content (AvgIpc) is 3.39. The predicted octanol–water partition coefficient (Wildman–Crippen LogP) is 3.24. The third-order valence-corrected chi connectivity index (χ3v) is 5.52.